The van der Waals surface area contributed by atoms with Gasteiger partial charge in [-0.15, -0.1) is 0 Å². The van der Waals surface area contributed by atoms with Crippen molar-refractivity contribution >= 4 is 17.2 Å². The molecule has 26 heavy (non-hydrogen) atoms. The first kappa shape index (κ1) is 17.6. The van der Waals surface area contributed by atoms with Gasteiger partial charge < -0.3 is 14.7 Å². The van der Waals surface area contributed by atoms with E-state index in [1.165, 1.54) is 19.2 Å². The summed E-state index contributed by atoms with van der Waals surface area (Å²) in [4.78, 5) is 13.6. The van der Waals surface area contributed by atoms with Crippen molar-refractivity contribution in [1.29, 1.82) is 5.26 Å². The van der Waals surface area contributed by atoms with Gasteiger partial charge in [0.2, 0.25) is 0 Å². The van der Waals surface area contributed by atoms with Crippen LogP contribution in [0.25, 0.3) is 5.57 Å². The number of anilines is 1. The van der Waals surface area contributed by atoms with Gasteiger partial charge in [-0.25, -0.2) is 9.18 Å². The SMILES string of the molecule is COC1C(C(=O)O)=C(C)c2ccc(C#N)cc2N1Cc1ccc(F)cc1. The van der Waals surface area contributed by atoms with Crippen molar-refractivity contribution in [2.24, 2.45) is 0 Å². The van der Waals surface area contributed by atoms with Crippen LogP contribution in [-0.2, 0) is 16.1 Å². The number of halogens is 1. The third-order valence-electron chi connectivity index (χ3n) is 4.49. The second-order valence-corrected chi connectivity index (χ2v) is 6.03. The van der Waals surface area contributed by atoms with Crippen molar-refractivity contribution in [1.82, 2.24) is 0 Å². The fraction of sp³-hybridized carbons (Fsp3) is 0.200. The zero-order valence-corrected chi connectivity index (χ0v) is 14.4. The Hall–Kier alpha value is -3.17. The maximum absolute atomic E-state index is 13.2. The summed E-state index contributed by atoms with van der Waals surface area (Å²) in [5, 5.41) is 18.9. The molecule has 0 aromatic heterocycles. The zero-order chi connectivity index (χ0) is 18.8. The van der Waals surface area contributed by atoms with Crippen LogP contribution >= 0.6 is 0 Å². The smallest absolute Gasteiger partial charge is 0.336 e. The van der Waals surface area contributed by atoms with E-state index in [-0.39, 0.29) is 11.4 Å². The highest BCUT2D eigenvalue weighted by Crippen LogP contribution is 2.39. The number of hydrogen-bond donors (Lipinski definition) is 1. The van der Waals surface area contributed by atoms with Crippen molar-refractivity contribution in [3.63, 3.8) is 0 Å². The lowest BCUT2D eigenvalue weighted by atomic mass is 9.91. The topological polar surface area (TPSA) is 73.6 Å². The van der Waals surface area contributed by atoms with Gasteiger partial charge in [0.1, 0.15) is 5.82 Å². The Labute approximate surface area is 150 Å². The van der Waals surface area contributed by atoms with Crippen molar-refractivity contribution < 1.29 is 19.0 Å². The maximum Gasteiger partial charge on any atom is 0.336 e. The third kappa shape index (κ3) is 3.05. The van der Waals surface area contributed by atoms with Gasteiger partial charge in [0, 0.05) is 24.9 Å². The molecule has 0 radical (unpaired) electrons. The van der Waals surface area contributed by atoms with Gasteiger partial charge in [-0.1, -0.05) is 18.2 Å². The Morgan fingerprint density at radius 3 is 2.58 bits per heavy atom. The summed E-state index contributed by atoms with van der Waals surface area (Å²) in [7, 11) is 1.44. The van der Waals surface area contributed by atoms with Crippen molar-refractivity contribution in [3.05, 3.63) is 70.5 Å². The molecule has 1 heterocycles. The molecule has 0 saturated heterocycles. The molecule has 0 aliphatic carbocycles. The second-order valence-electron chi connectivity index (χ2n) is 6.03. The van der Waals surface area contributed by atoms with Crippen molar-refractivity contribution in [2.45, 2.75) is 19.7 Å². The molecule has 5 nitrogen and oxygen atoms in total. The highest BCUT2D eigenvalue weighted by molar-refractivity contribution is 6.01. The summed E-state index contributed by atoms with van der Waals surface area (Å²) < 4.78 is 18.7. The molecule has 0 spiro atoms. The quantitative estimate of drug-likeness (QED) is 0.911. The number of hydrogen-bond acceptors (Lipinski definition) is 4. The molecule has 0 amide bonds. The summed E-state index contributed by atoms with van der Waals surface area (Å²) >= 11 is 0. The van der Waals surface area contributed by atoms with Crippen LogP contribution in [0.3, 0.4) is 0 Å². The summed E-state index contributed by atoms with van der Waals surface area (Å²) in [6, 6.07) is 13.2. The predicted octanol–water partition coefficient (Wildman–Crippen LogP) is 3.55. The number of aliphatic carboxylic acids is 1. The number of nitrogens with zero attached hydrogens (tertiary/aromatic N) is 2. The average Bonchev–Trinajstić information content (AvgIpc) is 2.64. The number of carboxylic acids is 1. The van der Waals surface area contributed by atoms with E-state index in [2.05, 4.69) is 6.07 Å². The van der Waals surface area contributed by atoms with Gasteiger partial charge in [-0.2, -0.15) is 5.26 Å². The van der Waals surface area contributed by atoms with Crippen molar-refractivity contribution in [3.8, 4) is 6.07 Å². The molecule has 1 atom stereocenters. The van der Waals surface area contributed by atoms with Crippen LogP contribution < -0.4 is 4.90 Å². The van der Waals surface area contributed by atoms with Crippen LogP contribution in [0.15, 0.2) is 48.0 Å². The predicted molar refractivity (Wildman–Crippen MR) is 94.8 cm³/mol. The van der Waals surface area contributed by atoms with Gasteiger partial charge in [0.25, 0.3) is 0 Å². The molecule has 2 aromatic carbocycles. The Kier molecular flexibility index (Phi) is 4.74. The van der Waals surface area contributed by atoms with Crippen LogP contribution in [0.5, 0.6) is 0 Å². The molecule has 132 valence electrons. The Bertz CT molecular complexity index is 929. The average molecular weight is 352 g/mol. The molecule has 0 bridgehead atoms. The van der Waals surface area contributed by atoms with Gasteiger partial charge in [0.15, 0.2) is 6.23 Å². The lowest BCUT2D eigenvalue weighted by Gasteiger charge is -2.39. The molecule has 0 saturated carbocycles. The summed E-state index contributed by atoms with van der Waals surface area (Å²) in [6.07, 6.45) is -0.820. The summed E-state index contributed by atoms with van der Waals surface area (Å²) in [6.45, 7) is 2.04. The van der Waals surface area contributed by atoms with Gasteiger partial charge in [-0.3, -0.25) is 0 Å². The Morgan fingerprint density at radius 2 is 2.00 bits per heavy atom. The number of methoxy groups -OCH3 is 1. The van der Waals surface area contributed by atoms with E-state index in [0.717, 1.165) is 11.1 Å². The number of carboxylic acid groups (broad SMARTS) is 1. The molecule has 1 N–H and O–H groups in total. The number of carbonyl (C=O) groups is 1. The van der Waals surface area contributed by atoms with E-state index < -0.39 is 12.2 Å². The largest absolute Gasteiger partial charge is 0.478 e. The van der Waals surface area contributed by atoms with Gasteiger partial charge in [-0.05, 0) is 42.3 Å². The molecule has 3 rings (SSSR count). The van der Waals surface area contributed by atoms with E-state index in [1.54, 1.807) is 42.2 Å². The standard InChI is InChI=1S/C20H17FN2O3/c1-12-16-8-5-14(10-22)9-17(16)23(19(26-2)18(12)20(24)25)11-13-3-6-15(21)7-4-13/h3-9,19H,11H2,1-2H3,(H,24,25). The van der Waals surface area contributed by atoms with Gasteiger partial charge >= 0.3 is 5.97 Å². The Morgan fingerprint density at radius 1 is 1.31 bits per heavy atom. The van der Waals surface area contributed by atoms with Crippen LogP contribution in [-0.4, -0.2) is 24.4 Å². The van der Waals surface area contributed by atoms with E-state index in [0.29, 0.717) is 23.4 Å². The third-order valence-corrected chi connectivity index (χ3v) is 4.49. The van der Waals surface area contributed by atoms with Crippen LogP contribution in [0.2, 0.25) is 0 Å². The lowest BCUT2D eigenvalue weighted by molar-refractivity contribution is -0.134. The summed E-state index contributed by atoms with van der Waals surface area (Å²) in [5.74, 6) is -1.40. The van der Waals surface area contributed by atoms with E-state index in [4.69, 9.17) is 4.74 Å². The van der Waals surface area contributed by atoms with Crippen LogP contribution in [0, 0.1) is 17.1 Å². The molecule has 1 aliphatic heterocycles. The minimum Gasteiger partial charge on any atom is -0.478 e. The lowest BCUT2D eigenvalue weighted by Crippen LogP contribution is -2.43. The van der Waals surface area contributed by atoms with E-state index in [9.17, 15) is 19.6 Å². The van der Waals surface area contributed by atoms with Crippen LogP contribution in [0.1, 0.15) is 23.6 Å². The Balaban J connectivity index is 2.16. The number of rotatable bonds is 4. The molecule has 1 aliphatic rings. The van der Waals surface area contributed by atoms with E-state index >= 15 is 0 Å². The molecule has 6 heteroatoms. The number of benzene rings is 2. The normalized spacial score (nSPS) is 16.2. The molecule has 2 aromatic rings. The second kappa shape index (κ2) is 6.98. The van der Waals surface area contributed by atoms with E-state index in [1.807, 2.05) is 0 Å². The fourth-order valence-corrected chi connectivity index (χ4v) is 3.23. The first-order valence-electron chi connectivity index (χ1n) is 7.98. The van der Waals surface area contributed by atoms with Gasteiger partial charge in [0.05, 0.1) is 17.2 Å². The minimum absolute atomic E-state index is 0.145. The molecule has 0 fully saturated rings. The highest BCUT2D eigenvalue weighted by atomic mass is 19.1. The zero-order valence-electron chi connectivity index (χ0n) is 14.4. The van der Waals surface area contributed by atoms with Crippen LogP contribution in [0.4, 0.5) is 10.1 Å². The number of allylic oxidation sites excluding steroid dienone is 1. The first-order valence-corrected chi connectivity index (χ1v) is 7.98. The maximum atomic E-state index is 13.2. The highest BCUT2D eigenvalue weighted by Gasteiger charge is 2.35. The monoisotopic (exact) mass is 352 g/mol. The molecule has 1 unspecified atom stereocenters. The number of fused-ring (bicyclic) bond motifs is 1. The first-order chi connectivity index (χ1) is 12.5. The molecular weight excluding hydrogens is 335 g/mol. The number of ether oxygens (including phenoxy) is 1. The van der Waals surface area contributed by atoms with Crippen molar-refractivity contribution in [2.75, 3.05) is 12.0 Å². The number of nitriles is 1. The fourth-order valence-electron chi connectivity index (χ4n) is 3.23. The molecular formula is C20H17FN2O3. The summed E-state index contributed by atoms with van der Waals surface area (Å²) in [5.41, 5.74) is 3.45. The minimum atomic E-state index is -1.06.